The predicted molar refractivity (Wildman–Crippen MR) is 85.0 cm³/mol. The molecular formula is C17H14FN3O3. The number of rotatable bonds is 5. The highest BCUT2D eigenvalue weighted by Gasteiger charge is 2.14. The molecule has 2 aromatic carbocycles. The molecule has 1 heterocycles. The van der Waals surface area contributed by atoms with E-state index in [4.69, 9.17) is 9.26 Å². The lowest BCUT2D eigenvalue weighted by Gasteiger charge is -2.03. The first-order valence-corrected chi connectivity index (χ1v) is 7.17. The summed E-state index contributed by atoms with van der Waals surface area (Å²) in [7, 11) is 1.58. The largest absolute Gasteiger partial charge is 0.497 e. The molecule has 122 valence electrons. The van der Waals surface area contributed by atoms with Crippen LogP contribution in [-0.2, 0) is 11.2 Å². The Morgan fingerprint density at radius 1 is 1.21 bits per heavy atom. The number of amides is 1. The van der Waals surface area contributed by atoms with Gasteiger partial charge in [0.1, 0.15) is 18.0 Å². The Labute approximate surface area is 137 Å². The van der Waals surface area contributed by atoms with Crippen molar-refractivity contribution in [3.8, 4) is 17.1 Å². The molecule has 1 aromatic heterocycles. The Bertz CT molecular complexity index is 846. The Balaban J connectivity index is 1.67. The van der Waals surface area contributed by atoms with E-state index in [0.717, 1.165) is 5.56 Å². The number of para-hydroxylation sites is 1. The molecule has 0 fully saturated rings. The van der Waals surface area contributed by atoms with Crippen LogP contribution in [0.25, 0.3) is 11.4 Å². The molecule has 0 atom stereocenters. The summed E-state index contributed by atoms with van der Waals surface area (Å²) in [6, 6.07) is 13.0. The molecule has 6 nitrogen and oxygen atoms in total. The van der Waals surface area contributed by atoms with Gasteiger partial charge in [-0.1, -0.05) is 17.3 Å². The van der Waals surface area contributed by atoms with Gasteiger partial charge in [-0.05, 0) is 36.4 Å². The number of anilines is 1. The third kappa shape index (κ3) is 3.57. The molecule has 3 rings (SSSR count). The lowest BCUT2D eigenvalue weighted by molar-refractivity contribution is -0.115. The topological polar surface area (TPSA) is 77.2 Å². The Kier molecular flexibility index (Phi) is 4.51. The number of ether oxygens (including phenoxy) is 1. The zero-order valence-corrected chi connectivity index (χ0v) is 12.8. The van der Waals surface area contributed by atoms with E-state index in [-0.39, 0.29) is 18.0 Å². The molecule has 0 aliphatic heterocycles. The second-order valence-corrected chi connectivity index (χ2v) is 4.95. The Morgan fingerprint density at radius 3 is 2.67 bits per heavy atom. The number of hydrogen-bond acceptors (Lipinski definition) is 5. The van der Waals surface area contributed by atoms with Gasteiger partial charge in [-0.15, -0.1) is 0 Å². The van der Waals surface area contributed by atoms with Crippen LogP contribution in [0, 0.1) is 5.82 Å². The van der Waals surface area contributed by atoms with Gasteiger partial charge in [-0.3, -0.25) is 4.79 Å². The fraction of sp³-hybridized carbons (Fsp3) is 0.118. The van der Waals surface area contributed by atoms with Gasteiger partial charge in [0.25, 0.3) is 0 Å². The summed E-state index contributed by atoms with van der Waals surface area (Å²) < 4.78 is 23.6. The molecule has 0 aliphatic rings. The van der Waals surface area contributed by atoms with Crippen LogP contribution in [0.1, 0.15) is 5.89 Å². The minimum atomic E-state index is -0.504. The number of methoxy groups -OCH3 is 1. The molecule has 24 heavy (non-hydrogen) atoms. The van der Waals surface area contributed by atoms with E-state index in [1.54, 1.807) is 43.5 Å². The maximum absolute atomic E-state index is 13.5. The van der Waals surface area contributed by atoms with E-state index >= 15 is 0 Å². The van der Waals surface area contributed by atoms with Crippen LogP contribution in [0.3, 0.4) is 0 Å². The molecule has 0 aliphatic carbocycles. The molecular weight excluding hydrogens is 313 g/mol. The van der Waals surface area contributed by atoms with Gasteiger partial charge in [0.15, 0.2) is 0 Å². The van der Waals surface area contributed by atoms with Crippen molar-refractivity contribution >= 4 is 11.6 Å². The first kappa shape index (κ1) is 15.7. The highest BCUT2D eigenvalue weighted by atomic mass is 19.1. The molecule has 1 N–H and O–H groups in total. The molecule has 0 unspecified atom stereocenters. The zero-order chi connectivity index (χ0) is 16.9. The van der Waals surface area contributed by atoms with Crippen LogP contribution >= 0.6 is 0 Å². The number of carbonyl (C=O) groups excluding carboxylic acids is 1. The van der Waals surface area contributed by atoms with E-state index in [1.165, 1.54) is 12.1 Å². The molecule has 0 bridgehead atoms. The van der Waals surface area contributed by atoms with E-state index in [0.29, 0.717) is 11.6 Å². The summed E-state index contributed by atoms with van der Waals surface area (Å²) in [5.41, 5.74) is 0.845. The zero-order valence-electron chi connectivity index (χ0n) is 12.8. The van der Waals surface area contributed by atoms with Crippen molar-refractivity contribution < 1.29 is 18.4 Å². The molecule has 0 spiro atoms. The van der Waals surface area contributed by atoms with Crippen molar-refractivity contribution in [2.75, 3.05) is 12.4 Å². The average molecular weight is 327 g/mol. The fourth-order valence-electron chi connectivity index (χ4n) is 2.08. The van der Waals surface area contributed by atoms with Gasteiger partial charge in [0.05, 0.1) is 12.8 Å². The van der Waals surface area contributed by atoms with Gasteiger partial charge < -0.3 is 14.6 Å². The van der Waals surface area contributed by atoms with Crippen LogP contribution in [0.5, 0.6) is 5.75 Å². The minimum absolute atomic E-state index is 0.109. The number of hydrogen-bond donors (Lipinski definition) is 1. The molecule has 3 aromatic rings. The van der Waals surface area contributed by atoms with Gasteiger partial charge in [0.2, 0.25) is 17.6 Å². The molecule has 0 saturated heterocycles. The van der Waals surface area contributed by atoms with Crippen molar-refractivity contribution in [1.29, 1.82) is 0 Å². The van der Waals surface area contributed by atoms with E-state index in [1.807, 2.05) is 0 Å². The monoisotopic (exact) mass is 327 g/mol. The van der Waals surface area contributed by atoms with Gasteiger partial charge >= 0.3 is 0 Å². The minimum Gasteiger partial charge on any atom is -0.497 e. The summed E-state index contributed by atoms with van der Waals surface area (Å²) in [5.74, 6) is 0.285. The van der Waals surface area contributed by atoms with E-state index in [9.17, 15) is 9.18 Å². The Hall–Kier alpha value is -3.22. The molecule has 7 heteroatoms. The SMILES string of the molecule is COc1ccc(-c2noc(CC(=O)Nc3ccccc3F)n2)cc1. The average Bonchev–Trinajstić information content (AvgIpc) is 3.05. The summed E-state index contributed by atoms with van der Waals surface area (Å²) in [4.78, 5) is 16.1. The third-order valence-electron chi connectivity index (χ3n) is 3.28. The number of nitrogens with zero attached hydrogens (tertiary/aromatic N) is 2. The van der Waals surface area contributed by atoms with Crippen LogP contribution < -0.4 is 10.1 Å². The summed E-state index contributed by atoms with van der Waals surface area (Å²) >= 11 is 0. The standard InChI is InChI=1S/C17H14FN3O3/c1-23-12-8-6-11(7-9-12)17-20-16(24-21-17)10-15(22)19-14-5-3-2-4-13(14)18/h2-9H,10H2,1H3,(H,19,22). The first-order chi connectivity index (χ1) is 11.7. The first-order valence-electron chi connectivity index (χ1n) is 7.17. The van der Waals surface area contributed by atoms with Gasteiger partial charge in [0, 0.05) is 5.56 Å². The second kappa shape index (κ2) is 6.91. The number of aromatic nitrogens is 2. The van der Waals surface area contributed by atoms with Crippen molar-refractivity contribution in [2.24, 2.45) is 0 Å². The lowest BCUT2D eigenvalue weighted by atomic mass is 10.2. The van der Waals surface area contributed by atoms with E-state index in [2.05, 4.69) is 15.5 Å². The van der Waals surface area contributed by atoms with Crippen molar-refractivity contribution in [2.45, 2.75) is 6.42 Å². The number of benzene rings is 2. The maximum Gasteiger partial charge on any atom is 0.236 e. The number of halogens is 1. The predicted octanol–water partition coefficient (Wildman–Crippen LogP) is 3.07. The van der Waals surface area contributed by atoms with Gasteiger partial charge in [-0.2, -0.15) is 4.98 Å². The number of nitrogens with one attached hydrogen (secondary N) is 1. The van der Waals surface area contributed by atoms with Gasteiger partial charge in [-0.25, -0.2) is 4.39 Å². The summed E-state index contributed by atoms with van der Waals surface area (Å²) in [6.45, 7) is 0. The van der Waals surface area contributed by atoms with Crippen LogP contribution in [-0.4, -0.2) is 23.2 Å². The summed E-state index contributed by atoms with van der Waals surface area (Å²) in [5, 5.41) is 6.30. The Morgan fingerprint density at radius 2 is 1.96 bits per heavy atom. The molecule has 0 radical (unpaired) electrons. The van der Waals surface area contributed by atoms with Crippen LogP contribution in [0.15, 0.2) is 53.1 Å². The highest BCUT2D eigenvalue weighted by molar-refractivity contribution is 5.91. The summed E-state index contributed by atoms with van der Waals surface area (Å²) in [6.07, 6.45) is -0.141. The molecule has 0 saturated carbocycles. The van der Waals surface area contributed by atoms with Crippen molar-refractivity contribution in [3.63, 3.8) is 0 Å². The highest BCUT2D eigenvalue weighted by Crippen LogP contribution is 2.20. The van der Waals surface area contributed by atoms with E-state index < -0.39 is 11.7 Å². The third-order valence-corrected chi connectivity index (χ3v) is 3.28. The normalized spacial score (nSPS) is 10.4. The van der Waals surface area contributed by atoms with Crippen LogP contribution in [0.4, 0.5) is 10.1 Å². The number of carbonyl (C=O) groups is 1. The lowest BCUT2D eigenvalue weighted by Crippen LogP contribution is -2.15. The van der Waals surface area contributed by atoms with Crippen LogP contribution in [0.2, 0.25) is 0 Å². The quantitative estimate of drug-likeness (QED) is 0.779. The fourth-order valence-corrected chi connectivity index (χ4v) is 2.08. The molecule has 1 amide bonds. The van der Waals surface area contributed by atoms with Crippen molar-refractivity contribution in [1.82, 2.24) is 10.1 Å². The second-order valence-electron chi connectivity index (χ2n) is 4.95. The van der Waals surface area contributed by atoms with Crippen molar-refractivity contribution in [3.05, 3.63) is 60.2 Å². The smallest absolute Gasteiger partial charge is 0.236 e. The maximum atomic E-state index is 13.5.